The normalized spacial score (nSPS) is 15.8. The number of anilines is 3. The van der Waals surface area contributed by atoms with Gasteiger partial charge in [-0.2, -0.15) is 13.2 Å². The van der Waals surface area contributed by atoms with E-state index in [1.807, 2.05) is 32.9 Å². The van der Waals surface area contributed by atoms with Gasteiger partial charge in [0.1, 0.15) is 11.9 Å². The minimum atomic E-state index is -4.58. The molecule has 32 heavy (non-hydrogen) atoms. The van der Waals surface area contributed by atoms with Crippen LogP contribution in [0.2, 0.25) is 0 Å². The molecular formula is C23H29F3N4O2. The van der Waals surface area contributed by atoms with Gasteiger partial charge in [0, 0.05) is 26.2 Å². The standard InChI is InChI=1S/C21H23F3N4O2.C2H6/c1-12-6-5-7-15(19(12)25-3)27(4)20(30)16-8-9-18(29)28(16)17-11-14(21(22,23)24)10-13(2)26-17;1-2/h5-7,10-11,16,25H,8-9H2,1-4H3;1-2H3/t16-;/m0./s1. The van der Waals surface area contributed by atoms with Crippen molar-refractivity contribution in [3.05, 3.63) is 47.2 Å². The molecule has 0 bridgehead atoms. The number of nitrogens with one attached hydrogen (secondary N) is 1. The maximum absolute atomic E-state index is 13.3. The van der Waals surface area contributed by atoms with Crippen LogP contribution < -0.4 is 15.1 Å². The highest BCUT2D eigenvalue weighted by Gasteiger charge is 2.41. The zero-order valence-electron chi connectivity index (χ0n) is 19.2. The predicted molar refractivity (Wildman–Crippen MR) is 120 cm³/mol. The molecule has 2 amide bonds. The molecule has 0 aliphatic carbocycles. The molecule has 174 valence electrons. The average Bonchev–Trinajstić information content (AvgIpc) is 3.14. The monoisotopic (exact) mass is 450 g/mol. The van der Waals surface area contributed by atoms with Gasteiger partial charge < -0.3 is 10.2 Å². The molecule has 1 fully saturated rings. The van der Waals surface area contributed by atoms with Gasteiger partial charge in [-0.1, -0.05) is 26.0 Å². The van der Waals surface area contributed by atoms with E-state index in [0.29, 0.717) is 5.69 Å². The molecule has 1 aromatic heterocycles. The van der Waals surface area contributed by atoms with Crippen molar-refractivity contribution in [1.82, 2.24) is 4.98 Å². The first-order valence-electron chi connectivity index (χ1n) is 10.5. The second-order valence-corrected chi connectivity index (χ2v) is 7.29. The minimum absolute atomic E-state index is 0.0634. The molecular weight excluding hydrogens is 421 g/mol. The van der Waals surface area contributed by atoms with E-state index >= 15 is 0 Å². The fourth-order valence-electron chi connectivity index (χ4n) is 3.74. The van der Waals surface area contributed by atoms with Crippen molar-refractivity contribution in [2.24, 2.45) is 0 Å². The summed E-state index contributed by atoms with van der Waals surface area (Å²) in [5, 5.41) is 3.06. The number of hydrogen-bond acceptors (Lipinski definition) is 4. The molecule has 2 aromatic rings. The topological polar surface area (TPSA) is 65.5 Å². The number of benzene rings is 1. The van der Waals surface area contributed by atoms with Crippen LogP contribution in [0.15, 0.2) is 30.3 Å². The molecule has 0 spiro atoms. The van der Waals surface area contributed by atoms with E-state index in [-0.39, 0.29) is 30.3 Å². The van der Waals surface area contributed by atoms with Gasteiger partial charge in [-0.15, -0.1) is 0 Å². The molecule has 1 aliphatic heterocycles. The second-order valence-electron chi connectivity index (χ2n) is 7.29. The van der Waals surface area contributed by atoms with Gasteiger partial charge in [-0.05, 0) is 44.0 Å². The van der Waals surface area contributed by atoms with Crippen LogP contribution in [0.25, 0.3) is 0 Å². The average molecular weight is 451 g/mol. The SMILES string of the molecule is CC.CNc1c(C)cccc1N(C)C(=O)[C@@H]1CCC(=O)N1c1cc(C(F)(F)F)cc(C)n1. The number of alkyl halides is 3. The van der Waals surface area contributed by atoms with E-state index in [4.69, 9.17) is 0 Å². The Balaban J connectivity index is 0.00000176. The van der Waals surface area contributed by atoms with E-state index in [1.54, 1.807) is 20.2 Å². The van der Waals surface area contributed by atoms with Gasteiger partial charge in [0.2, 0.25) is 11.8 Å². The number of aryl methyl sites for hydroxylation is 2. The lowest BCUT2D eigenvalue weighted by Crippen LogP contribution is -2.46. The fraction of sp³-hybridized carbons (Fsp3) is 0.435. The molecule has 1 aliphatic rings. The van der Waals surface area contributed by atoms with Crippen LogP contribution in [0.1, 0.15) is 43.5 Å². The minimum Gasteiger partial charge on any atom is -0.386 e. The van der Waals surface area contributed by atoms with Gasteiger partial charge in [0.15, 0.2) is 0 Å². The Morgan fingerprint density at radius 3 is 2.47 bits per heavy atom. The van der Waals surface area contributed by atoms with Crippen molar-refractivity contribution in [1.29, 1.82) is 0 Å². The summed E-state index contributed by atoms with van der Waals surface area (Å²) in [5.74, 6) is -0.972. The fourth-order valence-corrected chi connectivity index (χ4v) is 3.74. The lowest BCUT2D eigenvalue weighted by molar-refractivity contribution is -0.137. The van der Waals surface area contributed by atoms with Gasteiger partial charge >= 0.3 is 6.18 Å². The zero-order chi connectivity index (χ0) is 24.2. The number of aromatic nitrogens is 1. The third kappa shape index (κ3) is 5.03. The van der Waals surface area contributed by atoms with E-state index in [0.717, 1.165) is 28.3 Å². The predicted octanol–water partition coefficient (Wildman–Crippen LogP) is 4.94. The molecule has 1 N–H and O–H groups in total. The summed E-state index contributed by atoms with van der Waals surface area (Å²) >= 11 is 0. The van der Waals surface area contributed by atoms with Crippen molar-refractivity contribution >= 4 is 29.0 Å². The Morgan fingerprint density at radius 1 is 1.22 bits per heavy atom. The van der Waals surface area contributed by atoms with Crippen LogP contribution >= 0.6 is 0 Å². The van der Waals surface area contributed by atoms with Crippen LogP contribution in [-0.2, 0) is 15.8 Å². The smallest absolute Gasteiger partial charge is 0.386 e. The van der Waals surface area contributed by atoms with Gasteiger partial charge in [0.25, 0.3) is 0 Å². The molecule has 1 saturated heterocycles. The van der Waals surface area contributed by atoms with E-state index in [1.165, 1.54) is 11.8 Å². The van der Waals surface area contributed by atoms with Crippen LogP contribution in [-0.4, -0.2) is 36.9 Å². The molecule has 0 radical (unpaired) electrons. The van der Waals surface area contributed by atoms with Crippen LogP contribution in [0.4, 0.5) is 30.4 Å². The molecule has 6 nitrogen and oxygen atoms in total. The Morgan fingerprint density at radius 2 is 1.88 bits per heavy atom. The third-order valence-electron chi connectivity index (χ3n) is 5.20. The van der Waals surface area contributed by atoms with Crippen molar-refractivity contribution in [3.63, 3.8) is 0 Å². The highest BCUT2D eigenvalue weighted by Crippen LogP contribution is 2.35. The number of carbonyl (C=O) groups is 2. The quantitative estimate of drug-likeness (QED) is 0.716. The Hall–Kier alpha value is -3.10. The molecule has 9 heteroatoms. The third-order valence-corrected chi connectivity index (χ3v) is 5.20. The van der Waals surface area contributed by atoms with Crippen molar-refractivity contribution in [2.75, 3.05) is 29.2 Å². The van der Waals surface area contributed by atoms with E-state index in [9.17, 15) is 22.8 Å². The first kappa shape index (κ1) is 25.2. The Bertz CT molecular complexity index is 992. The molecule has 1 aromatic carbocycles. The van der Waals surface area contributed by atoms with Crippen LogP contribution in [0.5, 0.6) is 0 Å². The highest BCUT2D eigenvalue weighted by molar-refractivity contribution is 6.09. The lowest BCUT2D eigenvalue weighted by atomic mass is 10.1. The Labute approximate surface area is 186 Å². The second kappa shape index (κ2) is 10.0. The van der Waals surface area contributed by atoms with Crippen molar-refractivity contribution < 1.29 is 22.8 Å². The maximum atomic E-state index is 13.3. The van der Waals surface area contributed by atoms with E-state index < -0.39 is 23.7 Å². The number of hydrogen-bond donors (Lipinski definition) is 1. The number of halogens is 3. The number of amides is 2. The highest BCUT2D eigenvalue weighted by atomic mass is 19.4. The summed E-state index contributed by atoms with van der Waals surface area (Å²) < 4.78 is 39.7. The van der Waals surface area contributed by atoms with Crippen molar-refractivity contribution in [3.8, 4) is 0 Å². The van der Waals surface area contributed by atoms with Gasteiger partial charge in [0.05, 0.1) is 16.9 Å². The van der Waals surface area contributed by atoms with Gasteiger partial charge in [-0.25, -0.2) is 4.98 Å². The summed E-state index contributed by atoms with van der Waals surface area (Å²) in [6.45, 7) is 7.32. The summed E-state index contributed by atoms with van der Waals surface area (Å²) in [6.07, 6.45) is -4.31. The number of rotatable bonds is 4. The Kier molecular flexibility index (Phi) is 7.87. The molecule has 2 heterocycles. The van der Waals surface area contributed by atoms with Gasteiger partial charge in [-0.3, -0.25) is 14.5 Å². The molecule has 0 saturated carbocycles. The van der Waals surface area contributed by atoms with E-state index in [2.05, 4.69) is 10.3 Å². The summed E-state index contributed by atoms with van der Waals surface area (Å²) in [5.41, 5.74) is 1.53. The number of pyridine rings is 1. The number of nitrogens with zero attached hydrogens (tertiary/aromatic N) is 3. The number of para-hydroxylation sites is 1. The first-order valence-corrected chi connectivity index (χ1v) is 10.5. The van der Waals surface area contributed by atoms with Crippen LogP contribution in [0.3, 0.4) is 0 Å². The number of carbonyl (C=O) groups excluding carboxylic acids is 2. The van der Waals surface area contributed by atoms with Crippen molar-refractivity contribution in [2.45, 2.75) is 52.8 Å². The summed E-state index contributed by atoms with van der Waals surface area (Å²) in [6, 6.07) is 6.29. The largest absolute Gasteiger partial charge is 0.416 e. The zero-order valence-corrected chi connectivity index (χ0v) is 19.2. The number of likely N-dealkylation sites (N-methyl/N-ethyl adjacent to an activating group) is 1. The lowest BCUT2D eigenvalue weighted by Gasteiger charge is -2.29. The molecule has 3 rings (SSSR count). The van der Waals surface area contributed by atoms with Crippen LogP contribution in [0, 0.1) is 13.8 Å². The maximum Gasteiger partial charge on any atom is 0.416 e. The summed E-state index contributed by atoms with van der Waals surface area (Å²) in [7, 11) is 3.33. The molecule has 1 atom stereocenters. The molecule has 0 unspecified atom stereocenters. The summed E-state index contributed by atoms with van der Waals surface area (Å²) in [4.78, 5) is 32.4. The first-order chi connectivity index (χ1) is 15.0.